The van der Waals surface area contributed by atoms with Gasteiger partial charge in [-0.3, -0.25) is 9.59 Å². The molecule has 0 spiro atoms. The number of carbonyl (C=O) groups is 3. The van der Waals surface area contributed by atoms with Crippen LogP contribution in [0.3, 0.4) is 0 Å². The molecule has 0 fully saturated rings. The highest BCUT2D eigenvalue weighted by Crippen LogP contribution is 2.11. The second kappa shape index (κ2) is 6.34. The first kappa shape index (κ1) is 13.6. The molecule has 0 bridgehead atoms. The van der Waals surface area contributed by atoms with Crippen LogP contribution in [0.25, 0.3) is 6.08 Å². The van der Waals surface area contributed by atoms with Crippen molar-refractivity contribution in [2.24, 2.45) is 0 Å². The molecule has 94 valence electrons. The van der Waals surface area contributed by atoms with Crippen LogP contribution in [0, 0.1) is 0 Å². The third-order valence-electron chi connectivity index (χ3n) is 2.24. The van der Waals surface area contributed by atoms with Gasteiger partial charge in [-0.05, 0) is 11.6 Å². The van der Waals surface area contributed by atoms with Gasteiger partial charge in [0, 0.05) is 6.42 Å². The number of carboxylic acid groups (broad SMARTS) is 1. The van der Waals surface area contributed by atoms with E-state index in [1.807, 2.05) is 0 Å². The molecule has 5 heteroatoms. The Morgan fingerprint density at radius 1 is 1.28 bits per heavy atom. The summed E-state index contributed by atoms with van der Waals surface area (Å²) < 4.78 is 0. The van der Waals surface area contributed by atoms with Gasteiger partial charge in [-0.15, -0.1) is 0 Å². The van der Waals surface area contributed by atoms with E-state index in [1.54, 1.807) is 30.3 Å². The lowest BCUT2D eigenvalue weighted by molar-refractivity contribution is -0.128. The standard InChI is InChI=1S/C13H13NO4/c1-2-12(16)14(13(17)18)11(9-15)8-10-6-4-3-5-7-10/h3-9H,2H2,1H3,(H,17,18). The fraction of sp³-hybridized carbons (Fsp3) is 0.154. The lowest BCUT2D eigenvalue weighted by Crippen LogP contribution is -2.35. The maximum Gasteiger partial charge on any atom is 0.418 e. The number of amides is 2. The van der Waals surface area contributed by atoms with Gasteiger partial charge in [0.15, 0.2) is 6.29 Å². The predicted octanol–water partition coefficient (Wildman–Crippen LogP) is 2.14. The van der Waals surface area contributed by atoms with Gasteiger partial charge in [-0.1, -0.05) is 37.3 Å². The van der Waals surface area contributed by atoms with Crippen LogP contribution in [-0.2, 0) is 9.59 Å². The number of nitrogens with zero attached hydrogens (tertiary/aromatic N) is 1. The SMILES string of the molecule is CCC(=O)N(C(=O)O)C(C=O)=Cc1ccccc1. The highest BCUT2D eigenvalue weighted by atomic mass is 16.4. The van der Waals surface area contributed by atoms with Crippen molar-refractivity contribution in [1.82, 2.24) is 4.90 Å². The molecule has 0 aliphatic rings. The Hall–Kier alpha value is -2.43. The Labute approximate surface area is 104 Å². The molecule has 0 radical (unpaired) electrons. The third-order valence-corrected chi connectivity index (χ3v) is 2.24. The fourth-order valence-corrected chi connectivity index (χ4v) is 1.39. The van der Waals surface area contributed by atoms with Crippen LogP contribution in [0.1, 0.15) is 18.9 Å². The lowest BCUT2D eigenvalue weighted by Gasteiger charge is -2.15. The highest BCUT2D eigenvalue weighted by molar-refractivity contribution is 6.00. The average molecular weight is 247 g/mol. The first-order chi connectivity index (χ1) is 8.60. The zero-order valence-electron chi connectivity index (χ0n) is 9.87. The molecule has 0 aromatic heterocycles. The molecule has 5 nitrogen and oxygen atoms in total. The maximum atomic E-state index is 11.5. The molecule has 0 aliphatic carbocycles. The lowest BCUT2D eigenvalue weighted by atomic mass is 10.2. The zero-order valence-corrected chi connectivity index (χ0v) is 9.87. The van der Waals surface area contributed by atoms with Crippen molar-refractivity contribution in [1.29, 1.82) is 0 Å². The second-order valence-corrected chi connectivity index (χ2v) is 3.46. The molecular formula is C13H13NO4. The summed E-state index contributed by atoms with van der Waals surface area (Å²) in [4.78, 5) is 33.9. The zero-order chi connectivity index (χ0) is 13.5. The number of imide groups is 1. The van der Waals surface area contributed by atoms with Crippen molar-refractivity contribution < 1.29 is 19.5 Å². The van der Waals surface area contributed by atoms with E-state index >= 15 is 0 Å². The van der Waals surface area contributed by atoms with Crippen LogP contribution in [0.5, 0.6) is 0 Å². The molecule has 1 N–H and O–H groups in total. The number of benzene rings is 1. The van der Waals surface area contributed by atoms with Gasteiger partial charge < -0.3 is 5.11 Å². The topological polar surface area (TPSA) is 74.7 Å². The van der Waals surface area contributed by atoms with E-state index < -0.39 is 12.0 Å². The molecule has 1 rings (SSSR count). The van der Waals surface area contributed by atoms with E-state index in [0.717, 1.165) is 0 Å². The molecule has 1 aromatic rings. The molecule has 0 atom stereocenters. The molecule has 0 heterocycles. The summed E-state index contributed by atoms with van der Waals surface area (Å²) in [5.41, 5.74) is 0.454. The van der Waals surface area contributed by atoms with E-state index in [2.05, 4.69) is 0 Å². The summed E-state index contributed by atoms with van der Waals surface area (Å²) in [6.45, 7) is 1.53. The second-order valence-electron chi connectivity index (χ2n) is 3.46. The molecule has 2 amide bonds. The number of hydrogen-bond donors (Lipinski definition) is 1. The Morgan fingerprint density at radius 3 is 2.33 bits per heavy atom. The maximum absolute atomic E-state index is 11.5. The van der Waals surface area contributed by atoms with Gasteiger partial charge in [-0.2, -0.15) is 0 Å². The van der Waals surface area contributed by atoms with E-state index in [4.69, 9.17) is 5.11 Å². The van der Waals surface area contributed by atoms with Gasteiger partial charge in [0.1, 0.15) is 0 Å². The van der Waals surface area contributed by atoms with Crippen LogP contribution in [0.4, 0.5) is 4.79 Å². The monoisotopic (exact) mass is 247 g/mol. The summed E-state index contributed by atoms with van der Waals surface area (Å²) in [6, 6.07) is 8.71. The highest BCUT2D eigenvalue weighted by Gasteiger charge is 2.23. The Bertz CT molecular complexity index is 479. The van der Waals surface area contributed by atoms with E-state index in [0.29, 0.717) is 16.7 Å². The van der Waals surface area contributed by atoms with Crippen LogP contribution >= 0.6 is 0 Å². The minimum absolute atomic E-state index is 0.00622. The number of aldehydes is 1. The van der Waals surface area contributed by atoms with Crippen LogP contribution in [-0.4, -0.2) is 28.3 Å². The van der Waals surface area contributed by atoms with Crippen molar-refractivity contribution in [2.75, 3.05) is 0 Å². The largest absolute Gasteiger partial charge is 0.464 e. The van der Waals surface area contributed by atoms with Gasteiger partial charge in [0.25, 0.3) is 0 Å². The van der Waals surface area contributed by atoms with Gasteiger partial charge >= 0.3 is 6.09 Å². The molecule has 0 aliphatic heterocycles. The molecule has 0 unspecified atom stereocenters. The summed E-state index contributed by atoms with van der Waals surface area (Å²) >= 11 is 0. The Kier molecular flexibility index (Phi) is 4.80. The number of allylic oxidation sites excluding steroid dienone is 1. The average Bonchev–Trinajstić information content (AvgIpc) is 2.38. The molecule has 18 heavy (non-hydrogen) atoms. The molecule has 1 aromatic carbocycles. The van der Waals surface area contributed by atoms with E-state index in [1.165, 1.54) is 13.0 Å². The summed E-state index contributed by atoms with van der Waals surface area (Å²) in [5.74, 6) is -0.642. The number of rotatable bonds is 4. The first-order valence-corrected chi connectivity index (χ1v) is 5.38. The van der Waals surface area contributed by atoms with E-state index in [-0.39, 0.29) is 12.1 Å². The Morgan fingerprint density at radius 2 is 1.89 bits per heavy atom. The van der Waals surface area contributed by atoms with Crippen molar-refractivity contribution in [3.63, 3.8) is 0 Å². The predicted molar refractivity (Wildman–Crippen MR) is 65.6 cm³/mol. The number of hydrogen-bond acceptors (Lipinski definition) is 3. The van der Waals surface area contributed by atoms with Crippen molar-refractivity contribution in [3.05, 3.63) is 41.6 Å². The van der Waals surface area contributed by atoms with Crippen molar-refractivity contribution in [3.8, 4) is 0 Å². The fourth-order valence-electron chi connectivity index (χ4n) is 1.39. The molecular weight excluding hydrogens is 234 g/mol. The quantitative estimate of drug-likeness (QED) is 0.653. The van der Waals surface area contributed by atoms with Crippen molar-refractivity contribution >= 4 is 24.4 Å². The summed E-state index contributed by atoms with van der Waals surface area (Å²) in [5, 5.41) is 8.96. The van der Waals surface area contributed by atoms with Crippen molar-refractivity contribution in [2.45, 2.75) is 13.3 Å². The van der Waals surface area contributed by atoms with Crippen LogP contribution in [0.2, 0.25) is 0 Å². The van der Waals surface area contributed by atoms with Gasteiger partial charge in [-0.25, -0.2) is 9.69 Å². The van der Waals surface area contributed by atoms with Crippen LogP contribution < -0.4 is 0 Å². The summed E-state index contributed by atoms with van der Waals surface area (Å²) in [7, 11) is 0. The molecule has 0 saturated heterocycles. The van der Waals surface area contributed by atoms with Crippen LogP contribution in [0.15, 0.2) is 36.0 Å². The smallest absolute Gasteiger partial charge is 0.418 e. The third kappa shape index (κ3) is 3.28. The number of carbonyl (C=O) groups excluding carboxylic acids is 2. The summed E-state index contributed by atoms with van der Waals surface area (Å²) in [6.07, 6.45) is 0.256. The van der Waals surface area contributed by atoms with Gasteiger partial charge in [0.05, 0.1) is 5.70 Å². The Balaban J connectivity index is 3.14. The minimum atomic E-state index is -1.46. The van der Waals surface area contributed by atoms with E-state index in [9.17, 15) is 14.4 Å². The minimum Gasteiger partial charge on any atom is -0.464 e. The normalized spacial score (nSPS) is 10.8. The first-order valence-electron chi connectivity index (χ1n) is 5.38. The molecule has 0 saturated carbocycles. The van der Waals surface area contributed by atoms with Gasteiger partial charge in [0.2, 0.25) is 5.91 Å².